The fraction of sp³-hybridized carbons (Fsp3) is 0.357. The second-order valence-corrected chi connectivity index (χ2v) is 6.03. The van der Waals surface area contributed by atoms with E-state index in [0.29, 0.717) is 28.0 Å². The van der Waals surface area contributed by atoms with E-state index in [9.17, 15) is 4.79 Å². The van der Waals surface area contributed by atoms with Crippen LogP contribution in [0.25, 0.3) is 5.69 Å². The zero-order valence-corrected chi connectivity index (χ0v) is 13.6. The van der Waals surface area contributed by atoms with Crippen molar-refractivity contribution in [3.8, 4) is 5.69 Å². The number of hydrogen-bond donors (Lipinski definition) is 2. The lowest BCUT2D eigenvalue weighted by Crippen LogP contribution is -2.40. The first kappa shape index (κ1) is 16.7. The molecule has 2 rings (SSSR count). The number of carboxylic acids is 1. The summed E-state index contributed by atoms with van der Waals surface area (Å²) in [5.41, 5.74) is 1.28. The number of rotatable bonds is 6. The van der Waals surface area contributed by atoms with Gasteiger partial charge in [-0.3, -0.25) is 10.1 Å². The van der Waals surface area contributed by atoms with Crippen molar-refractivity contribution in [2.75, 3.05) is 0 Å². The summed E-state index contributed by atoms with van der Waals surface area (Å²) in [5.74, 6) is -0.915. The summed E-state index contributed by atoms with van der Waals surface area (Å²) in [6, 6.07) is 4.44. The minimum atomic E-state index is -0.886. The molecule has 6 nitrogen and oxygen atoms in total. The Morgan fingerprint density at radius 2 is 2.14 bits per heavy atom. The van der Waals surface area contributed by atoms with Gasteiger partial charge < -0.3 is 5.11 Å². The summed E-state index contributed by atoms with van der Waals surface area (Å²) in [7, 11) is 0. The van der Waals surface area contributed by atoms with Crippen LogP contribution in [0.15, 0.2) is 24.4 Å². The molecule has 22 heavy (non-hydrogen) atoms. The van der Waals surface area contributed by atoms with Gasteiger partial charge in [-0.25, -0.2) is 4.68 Å². The van der Waals surface area contributed by atoms with Crippen molar-refractivity contribution in [2.45, 2.75) is 26.4 Å². The zero-order chi connectivity index (χ0) is 16.3. The predicted molar refractivity (Wildman–Crippen MR) is 84.5 cm³/mol. The van der Waals surface area contributed by atoms with Gasteiger partial charge in [0.15, 0.2) is 0 Å². The first-order valence-electron chi connectivity index (χ1n) is 6.71. The van der Waals surface area contributed by atoms with Crippen LogP contribution in [0, 0.1) is 5.92 Å². The van der Waals surface area contributed by atoms with Crippen molar-refractivity contribution in [3.05, 3.63) is 40.1 Å². The van der Waals surface area contributed by atoms with Gasteiger partial charge >= 0.3 is 5.97 Å². The van der Waals surface area contributed by atoms with Gasteiger partial charge in [-0.15, -0.1) is 5.10 Å². The summed E-state index contributed by atoms with van der Waals surface area (Å²) >= 11 is 12.0. The summed E-state index contributed by atoms with van der Waals surface area (Å²) < 4.78 is 1.53. The standard InChI is InChI=1S/C14H16Cl2N4O2/c1-8(2)13(14(21)22)17-6-10-7-20(19-18-10)12-4-3-9(15)5-11(12)16/h3-5,7-8,13,17H,6H2,1-2H3,(H,21,22)/t13-/m1/s1. The van der Waals surface area contributed by atoms with Crippen LogP contribution in [0.2, 0.25) is 10.0 Å². The first-order chi connectivity index (χ1) is 10.4. The number of aromatic nitrogens is 3. The largest absolute Gasteiger partial charge is 0.480 e. The van der Waals surface area contributed by atoms with E-state index in [1.54, 1.807) is 24.4 Å². The van der Waals surface area contributed by atoms with Crippen molar-refractivity contribution in [1.82, 2.24) is 20.3 Å². The molecule has 2 aromatic rings. The molecular formula is C14H16Cl2N4O2. The van der Waals surface area contributed by atoms with Gasteiger partial charge in [-0.1, -0.05) is 42.3 Å². The molecule has 0 saturated carbocycles. The molecule has 1 atom stereocenters. The number of aliphatic carboxylic acids is 1. The Morgan fingerprint density at radius 3 is 2.73 bits per heavy atom. The first-order valence-corrected chi connectivity index (χ1v) is 7.47. The molecule has 0 aliphatic carbocycles. The molecule has 1 heterocycles. The predicted octanol–water partition coefficient (Wildman–Crippen LogP) is 2.77. The Morgan fingerprint density at radius 1 is 1.41 bits per heavy atom. The second kappa shape index (κ2) is 7.09. The Hall–Kier alpha value is -1.63. The normalized spacial score (nSPS) is 12.6. The van der Waals surface area contributed by atoms with Crippen LogP contribution in [0.5, 0.6) is 0 Å². The third-order valence-corrected chi connectivity index (χ3v) is 3.67. The van der Waals surface area contributed by atoms with E-state index in [1.807, 2.05) is 13.8 Å². The van der Waals surface area contributed by atoms with Crippen LogP contribution >= 0.6 is 23.2 Å². The van der Waals surface area contributed by atoms with Crippen LogP contribution in [0.1, 0.15) is 19.5 Å². The highest BCUT2D eigenvalue weighted by atomic mass is 35.5. The lowest BCUT2D eigenvalue weighted by molar-refractivity contribution is -0.140. The summed E-state index contributed by atoms with van der Waals surface area (Å²) in [6.45, 7) is 3.99. The monoisotopic (exact) mass is 342 g/mol. The molecular weight excluding hydrogens is 327 g/mol. The highest BCUT2D eigenvalue weighted by molar-refractivity contribution is 6.35. The lowest BCUT2D eigenvalue weighted by Gasteiger charge is -2.16. The molecule has 0 saturated heterocycles. The second-order valence-electron chi connectivity index (χ2n) is 5.19. The Balaban J connectivity index is 2.10. The number of benzene rings is 1. The van der Waals surface area contributed by atoms with E-state index in [2.05, 4.69) is 15.6 Å². The molecule has 0 unspecified atom stereocenters. The number of halogens is 2. The van der Waals surface area contributed by atoms with Crippen molar-refractivity contribution in [3.63, 3.8) is 0 Å². The Bertz CT molecular complexity index is 673. The average molecular weight is 343 g/mol. The highest BCUT2D eigenvalue weighted by Crippen LogP contribution is 2.23. The molecule has 0 aliphatic rings. The number of carboxylic acid groups (broad SMARTS) is 1. The maximum atomic E-state index is 11.1. The molecule has 1 aromatic heterocycles. The van der Waals surface area contributed by atoms with Gasteiger partial charge in [-0.05, 0) is 24.1 Å². The van der Waals surface area contributed by atoms with Gasteiger partial charge in [0.05, 0.1) is 22.6 Å². The van der Waals surface area contributed by atoms with Crippen molar-refractivity contribution in [1.29, 1.82) is 0 Å². The minimum Gasteiger partial charge on any atom is -0.480 e. The molecule has 2 N–H and O–H groups in total. The van der Waals surface area contributed by atoms with E-state index >= 15 is 0 Å². The quantitative estimate of drug-likeness (QED) is 0.843. The van der Waals surface area contributed by atoms with E-state index in [4.69, 9.17) is 28.3 Å². The van der Waals surface area contributed by atoms with Crippen LogP contribution in [-0.4, -0.2) is 32.1 Å². The smallest absolute Gasteiger partial charge is 0.320 e. The van der Waals surface area contributed by atoms with Crippen molar-refractivity contribution >= 4 is 29.2 Å². The number of nitrogens with zero attached hydrogens (tertiary/aromatic N) is 3. The Labute approximate surface area is 138 Å². The topological polar surface area (TPSA) is 80.0 Å². The van der Waals surface area contributed by atoms with Crippen LogP contribution in [0.4, 0.5) is 0 Å². The van der Waals surface area contributed by atoms with E-state index in [-0.39, 0.29) is 5.92 Å². The summed E-state index contributed by atoms with van der Waals surface area (Å²) in [5, 5.41) is 21.1. The fourth-order valence-electron chi connectivity index (χ4n) is 1.99. The maximum absolute atomic E-state index is 11.1. The molecule has 0 spiro atoms. The van der Waals surface area contributed by atoms with Gasteiger partial charge in [0.1, 0.15) is 6.04 Å². The summed E-state index contributed by atoms with van der Waals surface area (Å²) in [6.07, 6.45) is 1.70. The number of carbonyl (C=O) groups is 1. The third-order valence-electron chi connectivity index (χ3n) is 3.13. The average Bonchev–Trinajstić information content (AvgIpc) is 2.86. The van der Waals surface area contributed by atoms with Crippen LogP contribution < -0.4 is 5.32 Å². The van der Waals surface area contributed by atoms with Gasteiger partial charge in [0.2, 0.25) is 0 Å². The SMILES string of the molecule is CC(C)[C@@H](NCc1cn(-c2ccc(Cl)cc2Cl)nn1)C(=O)O. The summed E-state index contributed by atoms with van der Waals surface area (Å²) in [4.78, 5) is 11.1. The lowest BCUT2D eigenvalue weighted by atomic mass is 10.1. The Kier molecular flexibility index (Phi) is 5.39. The zero-order valence-electron chi connectivity index (χ0n) is 12.1. The molecule has 0 fully saturated rings. The van der Waals surface area contributed by atoms with E-state index in [1.165, 1.54) is 4.68 Å². The highest BCUT2D eigenvalue weighted by Gasteiger charge is 2.21. The third kappa shape index (κ3) is 3.97. The number of nitrogens with one attached hydrogen (secondary N) is 1. The van der Waals surface area contributed by atoms with Gasteiger partial charge in [-0.2, -0.15) is 0 Å². The molecule has 0 bridgehead atoms. The molecule has 0 aliphatic heterocycles. The van der Waals surface area contributed by atoms with E-state index in [0.717, 1.165) is 0 Å². The molecule has 8 heteroatoms. The molecule has 0 radical (unpaired) electrons. The van der Waals surface area contributed by atoms with Crippen molar-refractivity contribution < 1.29 is 9.90 Å². The minimum absolute atomic E-state index is 0.0294. The molecule has 118 valence electrons. The van der Waals surface area contributed by atoms with Crippen molar-refractivity contribution in [2.24, 2.45) is 5.92 Å². The van der Waals surface area contributed by atoms with Gasteiger partial charge in [0, 0.05) is 11.6 Å². The van der Waals surface area contributed by atoms with E-state index < -0.39 is 12.0 Å². The fourth-order valence-corrected chi connectivity index (χ4v) is 2.48. The van der Waals surface area contributed by atoms with Crippen LogP contribution in [-0.2, 0) is 11.3 Å². The molecule has 0 amide bonds. The number of hydrogen-bond acceptors (Lipinski definition) is 4. The van der Waals surface area contributed by atoms with Gasteiger partial charge in [0.25, 0.3) is 0 Å². The maximum Gasteiger partial charge on any atom is 0.320 e. The van der Waals surface area contributed by atoms with Crippen LogP contribution in [0.3, 0.4) is 0 Å². The molecule has 1 aromatic carbocycles.